The molecule has 2 aromatic heterocycles. The van der Waals surface area contributed by atoms with Gasteiger partial charge in [-0.05, 0) is 36.5 Å². The van der Waals surface area contributed by atoms with Crippen molar-refractivity contribution in [2.24, 2.45) is 0 Å². The van der Waals surface area contributed by atoms with E-state index >= 15 is 0 Å². The lowest BCUT2D eigenvalue weighted by Crippen LogP contribution is -2.36. The molecule has 4 rings (SSSR count). The fourth-order valence-electron chi connectivity index (χ4n) is 2.94. The topological polar surface area (TPSA) is 86.0 Å². The summed E-state index contributed by atoms with van der Waals surface area (Å²) < 4.78 is 19.4. The Morgan fingerprint density at radius 3 is 2.81 bits per heavy atom. The van der Waals surface area contributed by atoms with Crippen molar-refractivity contribution in [3.8, 4) is 0 Å². The Morgan fingerprint density at radius 2 is 2.08 bits per heavy atom. The molecule has 0 saturated carbocycles. The van der Waals surface area contributed by atoms with Crippen molar-refractivity contribution in [3.05, 3.63) is 46.6 Å². The Bertz CT molecular complexity index is 1010. The van der Waals surface area contributed by atoms with Gasteiger partial charge in [0.2, 0.25) is 0 Å². The molecule has 26 heavy (non-hydrogen) atoms. The van der Waals surface area contributed by atoms with E-state index < -0.39 is 11.7 Å². The van der Waals surface area contributed by atoms with Crippen molar-refractivity contribution < 1.29 is 13.9 Å². The van der Waals surface area contributed by atoms with Crippen molar-refractivity contribution in [1.29, 1.82) is 0 Å². The number of nitrogens with zero attached hydrogens (tertiary/aromatic N) is 2. The molecule has 0 radical (unpaired) electrons. The van der Waals surface area contributed by atoms with E-state index in [2.05, 4.69) is 25.2 Å². The van der Waals surface area contributed by atoms with Crippen LogP contribution in [0.15, 0.2) is 30.5 Å². The van der Waals surface area contributed by atoms with Crippen molar-refractivity contribution >= 4 is 40.7 Å². The van der Waals surface area contributed by atoms with Crippen LogP contribution in [0.5, 0.6) is 0 Å². The zero-order valence-corrected chi connectivity index (χ0v) is 14.5. The molecule has 3 aromatic rings. The Labute approximate surface area is 153 Å². The minimum absolute atomic E-state index is 0.159. The molecule has 1 aliphatic heterocycles. The summed E-state index contributed by atoms with van der Waals surface area (Å²) in [5.74, 6) is -0.603. The highest BCUT2D eigenvalue weighted by Gasteiger charge is 2.16. The number of rotatable bonds is 3. The summed E-state index contributed by atoms with van der Waals surface area (Å²) in [6.45, 7) is 2.99. The first-order valence-electron chi connectivity index (χ1n) is 8.12. The van der Waals surface area contributed by atoms with Crippen LogP contribution < -0.4 is 10.2 Å². The average Bonchev–Trinajstić information content (AvgIpc) is 3.02. The van der Waals surface area contributed by atoms with Crippen molar-refractivity contribution in [2.75, 3.05) is 36.5 Å². The van der Waals surface area contributed by atoms with Gasteiger partial charge in [0.25, 0.3) is 5.91 Å². The van der Waals surface area contributed by atoms with Gasteiger partial charge in [-0.25, -0.2) is 9.37 Å². The Hall–Kier alpha value is -2.78. The second kappa shape index (κ2) is 6.85. The lowest BCUT2D eigenvalue weighted by Gasteiger charge is -2.28. The highest BCUT2D eigenvalue weighted by Crippen LogP contribution is 2.20. The summed E-state index contributed by atoms with van der Waals surface area (Å²) in [4.78, 5) is 24.7. The zero-order chi connectivity index (χ0) is 18.1. The third kappa shape index (κ3) is 3.31. The van der Waals surface area contributed by atoms with E-state index in [0.29, 0.717) is 34.8 Å². The van der Waals surface area contributed by atoms with E-state index in [0.717, 1.165) is 18.8 Å². The first-order valence-corrected chi connectivity index (χ1v) is 8.52. The summed E-state index contributed by atoms with van der Waals surface area (Å²) in [5, 5.41) is 2.69. The summed E-state index contributed by atoms with van der Waals surface area (Å²) in [6.07, 6.45) is 1.70. The van der Waals surface area contributed by atoms with Crippen molar-refractivity contribution in [2.45, 2.75) is 0 Å². The molecule has 7 nitrogen and oxygen atoms in total. The smallest absolute Gasteiger partial charge is 0.259 e. The SMILES string of the molecule is O=C(Nc1ccc(N2CCOCC2)cn1)c1cc(F)cc2[nH]c(=S)[nH]c12. The molecule has 0 atom stereocenters. The Morgan fingerprint density at radius 1 is 1.27 bits per heavy atom. The van der Waals surface area contributed by atoms with Gasteiger partial charge in [-0.3, -0.25) is 4.79 Å². The van der Waals surface area contributed by atoms with E-state index in [1.54, 1.807) is 12.3 Å². The largest absolute Gasteiger partial charge is 0.378 e. The Kier molecular flexibility index (Phi) is 4.39. The monoisotopic (exact) mass is 373 g/mol. The maximum atomic E-state index is 13.8. The minimum Gasteiger partial charge on any atom is -0.378 e. The standard InChI is InChI=1S/C17H16FN5O2S/c18-10-7-12(15-13(8-10)20-17(26)22-15)16(24)21-14-2-1-11(9-19-14)23-3-5-25-6-4-23/h1-2,7-9H,3-6H2,(H,19,21,24)(H2,20,22,26). The molecule has 134 valence electrons. The molecule has 1 aliphatic rings. The third-order valence-electron chi connectivity index (χ3n) is 4.20. The van der Waals surface area contributed by atoms with Gasteiger partial charge in [0.1, 0.15) is 11.6 Å². The number of benzene rings is 1. The van der Waals surface area contributed by atoms with E-state index in [9.17, 15) is 9.18 Å². The number of imidazole rings is 1. The third-order valence-corrected chi connectivity index (χ3v) is 4.40. The number of H-pyrrole nitrogens is 2. The van der Waals surface area contributed by atoms with Gasteiger partial charge >= 0.3 is 0 Å². The van der Waals surface area contributed by atoms with Crippen LogP contribution in [0.3, 0.4) is 0 Å². The summed E-state index contributed by atoms with van der Waals surface area (Å²) in [6, 6.07) is 6.06. The number of halogens is 1. The second-order valence-electron chi connectivity index (χ2n) is 5.91. The first kappa shape index (κ1) is 16.7. The lowest BCUT2D eigenvalue weighted by atomic mass is 10.1. The second-order valence-corrected chi connectivity index (χ2v) is 6.32. The van der Waals surface area contributed by atoms with Gasteiger partial charge in [-0.2, -0.15) is 0 Å². The van der Waals surface area contributed by atoms with Gasteiger partial charge in [-0.1, -0.05) is 0 Å². The average molecular weight is 373 g/mol. The van der Waals surface area contributed by atoms with Crippen LogP contribution in [0.4, 0.5) is 15.9 Å². The van der Waals surface area contributed by atoms with Crippen LogP contribution in [0, 0.1) is 10.6 Å². The number of aromatic nitrogens is 3. The zero-order valence-electron chi connectivity index (χ0n) is 13.7. The first-order chi connectivity index (χ1) is 12.6. The van der Waals surface area contributed by atoms with Crippen molar-refractivity contribution in [3.63, 3.8) is 0 Å². The fourth-order valence-corrected chi connectivity index (χ4v) is 3.15. The molecule has 1 saturated heterocycles. The number of morpholine rings is 1. The maximum Gasteiger partial charge on any atom is 0.259 e. The van der Waals surface area contributed by atoms with E-state index in [-0.39, 0.29) is 5.56 Å². The minimum atomic E-state index is -0.525. The summed E-state index contributed by atoms with van der Waals surface area (Å²) in [7, 11) is 0. The fraction of sp³-hybridized carbons (Fsp3) is 0.235. The molecule has 1 aromatic carbocycles. The molecule has 3 heterocycles. The number of aromatic amines is 2. The molecule has 1 amide bonds. The molecule has 0 aliphatic carbocycles. The normalized spacial score (nSPS) is 14.6. The van der Waals surface area contributed by atoms with Gasteiger partial charge < -0.3 is 24.9 Å². The van der Waals surface area contributed by atoms with Crippen LogP contribution in [0.2, 0.25) is 0 Å². The molecular weight excluding hydrogens is 357 g/mol. The van der Waals surface area contributed by atoms with Crippen LogP contribution >= 0.6 is 12.2 Å². The molecule has 9 heteroatoms. The molecule has 0 bridgehead atoms. The number of ether oxygens (including phenoxy) is 1. The number of carbonyl (C=O) groups excluding carboxylic acids is 1. The molecular formula is C17H16FN5O2S. The van der Waals surface area contributed by atoms with E-state index in [4.69, 9.17) is 17.0 Å². The van der Waals surface area contributed by atoms with E-state index in [1.165, 1.54) is 12.1 Å². The number of anilines is 2. The number of hydrogen-bond acceptors (Lipinski definition) is 5. The Balaban J connectivity index is 1.56. The van der Waals surface area contributed by atoms with Crippen LogP contribution in [0.1, 0.15) is 10.4 Å². The molecule has 0 spiro atoms. The molecule has 0 unspecified atom stereocenters. The summed E-state index contributed by atoms with van der Waals surface area (Å²) >= 11 is 5.02. The van der Waals surface area contributed by atoms with E-state index in [1.807, 2.05) is 6.07 Å². The van der Waals surface area contributed by atoms with Gasteiger partial charge in [-0.15, -0.1) is 0 Å². The highest BCUT2D eigenvalue weighted by atomic mass is 32.1. The molecule has 3 N–H and O–H groups in total. The number of amides is 1. The van der Waals surface area contributed by atoms with Gasteiger partial charge in [0.05, 0.1) is 41.7 Å². The lowest BCUT2D eigenvalue weighted by molar-refractivity contribution is 0.102. The number of nitrogens with one attached hydrogen (secondary N) is 3. The van der Waals surface area contributed by atoms with Crippen LogP contribution in [0.25, 0.3) is 11.0 Å². The number of pyridine rings is 1. The van der Waals surface area contributed by atoms with Gasteiger partial charge in [0, 0.05) is 13.1 Å². The number of fused-ring (bicyclic) bond motifs is 1. The van der Waals surface area contributed by atoms with Gasteiger partial charge in [0.15, 0.2) is 4.77 Å². The number of hydrogen-bond donors (Lipinski definition) is 3. The predicted molar refractivity (Wildman–Crippen MR) is 98.7 cm³/mol. The van der Waals surface area contributed by atoms with Crippen molar-refractivity contribution in [1.82, 2.24) is 15.0 Å². The highest BCUT2D eigenvalue weighted by molar-refractivity contribution is 7.71. The molecule has 1 fully saturated rings. The van der Waals surface area contributed by atoms with Crippen LogP contribution in [-0.2, 0) is 4.74 Å². The number of carbonyl (C=O) groups is 1. The summed E-state index contributed by atoms with van der Waals surface area (Å²) in [5.41, 5.74) is 2.02. The van der Waals surface area contributed by atoms with Crippen LogP contribution in [-0.4, -0.2) is 47.2 Å². The maximum absolute atomic E-state index is 13.8. The predicted octanol–water partition coefficient (Wildman–Crippen LogP) is 2.85. The quantitative estimate of drug-likeness (QED) is 0.615.